The molecule has 0 saturated heterocycles. The van der Waals surface area contributed by atoms with Gasteiger partial charge in [-0.2, -0.15) is 0 Å². The lowest BCUT2D eigenvalue weighted by Gasteiger charge is -2.25. The average molecular weight is 408 g/mol. The maximum absolute atomic E-state index is 13.1. The monoisotopic (exact) mass is 408 g/mol. The van der Waals surface area contributed by atoms with E-state index in [1.54, 1.807) is 42.4 Å². The first kappa shape index (κ1) is 20.7. The Kier molecular flexibility index (Phi) is 6.53. The first-order valence-corrected chi connectivity index (χ1v) is 9.19. The molecule has 1 atom stereocenters. The van der Waals surface area contributed by atoms with Crippen LogP contribution in [0.4, 0.5) is 5.69 Å². The minimum atomic E-state index is -0.858. The molecule has 30 heavy (non-hydrogen) atoms. The van der Waals surface area contributed by atoms with Crippen LogP contribution in [-0.2, 0) is 17.9 Å². The van der Waals surface area contributed by atoms with Gasteiger partial charge in [0, 0.05) is 36.6 Å². The van der Waals surface area contributed by atoms with Crippen LogP contribution >= 0.6 is 0 Å². The van der Waals surface area contributed by atoms with Gasteiger partial charge in [-0.25, -0.2) is 0 Å². The average Bonchev–Trinajstić information content (AvgIpc) is 3.26. The number of carbonyl (C=O) groups excluding carboxylic acids is 2. The predicted molar refractivity (Wildman–Crippen MR) is 107 cm³/mol. The van der Waals surface area contributed by atoms with Gasteiger partial charge in [0.05, 0.1) is 17.7 Å². The molecule has 2 amide bonds. The number of nitro groups is 1. The molecule has 0 aliphatic carbocycles. The van der Waals surface area contributed by atoms with Crippen molar-refractivity contribution in [1.29, 1.82) is 0 Å². The molecule has 3 rings (SSSR count). The summed E-state index contributed by atoms with van der Waals surface area (Å²) in [5, 5.41) is 13.5. The largest absolute Gasteiger partial charge is 0.467 e. The van der Waals surface area contributed by atoms with E-state index in [2.05, 4.69) is 10.3 Å². The van der Waals surface area contributed by atoms with Crippen molar-refractivity contribution >= 4 is 17.5 Å². The van der Waals surface area contributed by atoms with Crippen LogP contribution in [0.1, 0.15) is 28.6 Å². The Labute approximate surface area is 172 Å². The zero-order chi connectivity index (χ0) is 21.5. The first-order chi connectivity index (χ1) is 14.4. The molecule has 0 bridgehead atoms. The van der Waals surface area contributed by atoms with E-state index < -0.39 is 16.9 Å². The van der Waals surface area contributed by atoms with Crippen molar-refractivity contribution in [2.75, 3.05) is 0 Å². The summed E-state index contributed by atoms with van der Waals surface area (Å²) < 4.78 is 5.36. The van der Waals surface area contributed by atoms with E-state index in [0.29, 0.717) is 5.76 Å². The number of nitrogens with one attached hydrogen (secondary N) is 1. The van der Waals surface area contributed by atoms with Gasteiger partial charge in [-0.05, 0) is 36.8 Å². The summed E-state index contributed by atoms with van der Waals surface area (Å²) >= 11 is 0. The van der Waals surface area contributed by atoms with Crippen LogP contribution in [0.15, 0.2) is 71.6 Å². The molecule has 0 radical (unpaired) electrons. The third-order valence-corrected chi connectivity index (χ3v) is 4.37. The number of nitro benzene ring substituents is 1. The number of amides is 2. The van der Waals surface area contributed by atoms with Gasteiger partial charge in [0.15, 0.2) is 0 Å². The summed E-state index contributed by atoms with van der Waals surface area (Å²) in [5.41, 5.74) is 0.737. The van der Waals surface area contributed by atoms with Crippen molar-refractivity contribution in [1.82, 2.24) is 15.2 Å². The highest BCUT2D eigenvalue weighted by atomic mass is 16.6. The second-order valence-corrected chi connectivity index (χ2v) is 6.64. The number of non-ortho nitro benzene ring substituents is 1. The number of nitrogens with zero attached hydrogens (tertiary/aromatic N) is 3. The van der Waals surface area contributed by atoms with E-state index in [1.165, 1.54) is 30.5 Å². The molecule has 154 valence electrons. The third kappa shape index (κ3) is 5.28. The van der Waals surface area contributed by atoms with Gasteiger partial charge in [-0.1, -0.05) is 12.1 Å². The number of hydrogen-bond donors (Lipinski definition) is 1. The molecular weight excluding hydrogens is 388 g/mol. The number of benzene rings is 1. The van der Waals surface area contributed by atoms with E-state index in [0.717, 1.165) is 5.56 Å². The zero-order valence-electron chi connectivity index (χ0n) is 16.2. The van der Waals surface area contributed by atoms with E-state index in [9.17, 15) is 19.7 Å². The molecule has 0 spiro atoms. The van der Waals surface area contributed by atoms with Gasteiger partial charge < -0.3 is 14.6 Å². The molecule has 9 heteroatoms. The summed E-state index contributed by atoms with van der Waals surface area (Å²) in [6.07, 6.45) is 4.83. The Morgan fingerprint density at radius 1 is 1.20 bits per heavy atom. The fraction of sp³-hybridized carbons (Fsp3) is 0.190. The molecule has 1 aromatic carbocycles. The summed E-state index contributed by atoms with van der Waals surface area (Å²) in [7, 11) is 0. The van der Waals surface area contributed by atoms with Crippen molar-refractivity contribution in [2.24, 2.45) is 0 Å². The fourth-order valence-corrected chi connectivity index (χ4v) is 2.89. The highest BCUT2D eigenvalue weighted by Crippen LogP contribution is 2.14. The lowest BCUT2D eigenvalue weighted by Crippen LogP contribution is -2.46. The molecule has 0 aliphatic rings. The predicted octanol–water partition coefficient (Wildman–Crippen LogP) is 2.93. The molecule has 0 fully saturated rings. The molecule has 1 N–H and O–H groups in total. The van der Waals surface area contributed by atoms with Crippen molar-refractivity contribution in [3.05, 3.63) is 94.2 Å². The van der Waals surface area contributed by atoms with Gasteiger partial charge in [-0.3, -0.25) is 24.7 Å². The van der Waals surface area contributed by atoms with E-state index in [-0.39, 0.29) is 30.2 Å². The highest BCUT2D eigenvalue weighted by Gasteiger charge is 2.24. The molecule has 0 aliphatic heterocycles. The zero-order valence-corrected chi connectivity index (χ0v) is 16.2. The van der Waals surface area contributed by atoms with Crippen molar-refractivity contribution in [3.8, 4) is 0 Å². The SMILES string of the molecule is CC(NC(=O)c1cccc([N+](=O)[O-])c1)C(=O)N(Cc1cccnc1)Cc1ccco1. The van der Waals surface area contributed by atoms with E-state index >= 15 is 0 Å². The van der Waals surface area contributed by atoms with Crippen LogP contribution in [0.25, 0.3) is 0 Å². The Hall–Kier alpha value is -4.01. The second kappa shape index (κ2) is 9.46. The maximum atomic E-state index is 13.1. The Bertz CT molecular complexity index is 1020. The van der Waals surface area contributed by atoms with Crippen molar-refractivity contribution in [2.45, 2.75) is 26.1 Å². The molecule has 1 unspecified atom stereocenters. The van der Waals surface area contributed by atoms with Crippen LogP contribution in [0.3, 0.4) is 0 Å². The number of pyridine rings is 1. The van der Waals surface area contributed by atoms with Gasteiger partial charge in [0.25, 0.3) is 11.6 Å². The summed E-state index contributed by atoms with van der Waals surface area (Å²) in [6, 6.07) is 11.6. The Morgan fingerprint density at radius 2 is 2.03 bits per heavy atom. The van der Waals surface area contributed by atoms with Crippen molar-refractivity contribution in [3.63, 3.8) is 0 Å². The smallest absolute Gasteiger partial charge is 0.270 e. The number of furan rings is 1. The molecule has 2 aromatic heterocycles. The third-order valence-electron chi connectivity index (χ3n) is 4.37. The minimum absolute atomic E-state index is 0.105. The van der Waals surface area contributed by atoms with Crippen LogP contribution in [-0.4, -0.2) is 32.7 Å². The molecular formula is C21H20N4O5. The summed E-state index contributed by atoms with van der Waals surface area (Å²) in [5.74, 6) is -0.294. The molecule has 0 saturated carbocycles. The second-order valence-electron chi connectivity index (χ2n) is 6.64. The normalized spacial score (nSPS) is 11.5. The van der Waals surface area contributed by atoms with Gasteiger partial charge in [-0.15, -0.1) is 0 Å². The molecule has 3 aromatic rings. The van der Waals surface area contributed by atoms with Crippen LogP contribution < -0.4 is 5.32 Å². The van der Waals surface area contributed by atoms with Crippen molar-refractivity contribution < 1.29 is 18.9 Å². The van der Waals surface area contributed by atoms with Gasteiger partial charge in [0.1, 0.15) is 11.8 Å². The minimum Gasteiger partial charge on any atom is -0.467 e. The van der Waals surface area contributed by atoms with Gasteiger partial charge >= 0.3 is 0 Å². The summed E-state index contributed by atoms with van der Waals surface area (Å²) in [4.78, 5) is 41.5. The number of rotatable bonds is 8. The van der Waals surface area contributed by atoms with Crippen LogP contribution in [0, 0.1) is 10.1 Å². The van der Waals surface area contributed by atoms with Crippen LogP contribution in [0.2, 0.25) is 0 Å². The lowest BCUT2D eigenvalue weighted by atomic mass is 10.1. The topological polar surface area (TPSA) is 119 Å². The fourth-order valence-electron chi connectivity index (χ4n) is 2.89. The summed E-state index contributed by atoms with van der Waals surface area (Å²) in [6.45, 7) is 2.07. The molecule has 2 heterocycles. The molecule has 9 nitrogen and oxygen atoms in total. The first-order valence-electron chi connectivity index (χ1n) is 9.19. The van der Waals surface area contributed by atoms with E-state index in [4.69, 9.17) is 4.42 Å². The van der Waals surface area contributed by atoms with Crippen LogP contribution in [0.5, 0.6) is 0 Å². The maximum Gasteiger partial charge on any atom is 0.270 e. The number of hydrogen-bond acceptors (Lipinski definition) is 6. The standard InChI is InChI=1S/C21H20N4O5/c1-15(23-20(26)17-6-2-7-18(11-17)25(28)29)21(27)24(14-19-8-4-10-30-19)13-16-5-3-9-22-12-16/h2-12,15H,13-14H2,1H3,(H,23,26). The number of aromatic nitrogens is 1. The van der Waals surface area contributed by atoms with E-state index in [1.807, 2.05) is 6.07 Å². The highest BCUT2D eigenvalue weighted by molar-refractivity contribution is 5.97. The Balaban J connectivity index is 1.73. The quantitative estimate of drug-likeness (QED) is 0.452. The number of carbonyl (C=O) groups is 2. The lowest BCUT2D eigenvalue weighted by molar-refractivity contribution is -0.384. The Morgan fingerprint density at radius 3 is 2.70 bits per heavy atom. The van der Waals surface area contributed by atoms with Gasteiger partial charge in [0.2, 0.25) is 5.91 Å².